The molecule has 0 aromatic heterocycles. The van der Waals surface area contributed by atoms with Crippen LogP contribution in [0.5, 0.6) is 0 Å². The molecule has 2 amide bonds. The van der Waals surface area contributed by atoms with Crippen molar-refractivity contribution < 1.29 is 14.0 Å². The molecule has 1 N–H and O–H groups in total. The summed E-state index contributed by atoms with van der Waals surface area (Å²) in [6, 6.07) is 13.4. The lowest BCUT2D eigenvalue weighted by molar-refractivity contribution is -0.129. The number of carbonyl (C=O) groups is 2. The van der Waals surface area contributed by atoms with Crippen LogP contribution in [-0.4, -0.2) is 36.3 Å². The summed E-state index contributed by atoms with van der Waals surface area (Å²) in [5, 5.41) is 3.05. The zero-order valence-electron chi connectivity index (χ0n) is 14.2. The van der Waals surface area contributed by atoms with Crippen LogP contribution in [0.4, 0.5) is 4.39 Å². The van der Waals surface area contributed by atoms with Gasteiger partial charge in [0.15, 0.2) is 0 Å². The molecule has 4 nitrogen and oxygen atoms in total. The summed E-state index contributed by atoms with van der Waals surface area (Å²) in [5.74, 6) is -0.358. The van der Waals surface area contributed by atoms with Crippen LogP contribution < -0.4 is 5.32 Å². The molecule has 1 saturated heterocycles. The number of nitrogens with one attached hydrogen (secondary N) is 1. The van der Waals surface area contributed by atoms with Gasteiger partial charge in [0.05, 0.1) is 0 Å². The van der Waals surface area contributed by atoms with Crippen molar-refractivity contribution >= 4 is 11.8 Å². The average Bonchev–Trinajstić information content (AvgIpc) is 2.78. The Morgan fingerprint density at radius 3 is 2.60 bits per heavy atom. The smallest absolute Gasteiger partial charge is 0.252 e. The highest BCUT2D eigenvalue weighted by Crippen LogP contribution is 2.24. The number of hydrogen-bond acceptors (Lipinski definition) is 2. The quantitative estimate of drug-likeness (QED) is 0.932. The first-order valence-corrected chi connectivity index (χ1v) is 8.44. The summed E-state index contributed by atoms with van der Waals surface area (Å²) < 4.78 is 13.2. The van der Waals surface area contributed by atoms with E-state index in [1.54, 1.807) is 30.1 Å². The Morgan fingerprint density at radius 1 is 1.12 bits per heavy atom. The largest absolute Gasteiger partial charge is 0.349 e. The molecule has 1 heterocycles. The maximum atomic E-state index is 13.2. The minimum atomic E-state index is -0.307. The van der Waals surface area contributed by atoms with E-state index in [1.807, 2.05) is 18.2 Å². The molecule has 0 saturated carbocycles. The van der Waals surface area contributed by atoms with Crippen molar-refractivity contribution in [1.29, 1.82) is 0 Å². The number of likely N-dealkylation sites (tertiary alicyclic amines) is 1. The standard InChI is InChI=1S/C20H21FN2O2/c1-23-13-12-16(10-11-19(23)24)22-20(25)18-5-3-2-4-17(18)14-6-8-15(21)9-7-14/h2-9,16H,10-13H2,1H3,(H,22,25). The summed E-state index contributed by atoms with van der Waals surface area (Å²) >= 11 is 0. The van der Waals surface area contributed by atoms with Crippen LogP contribution >= 0.6 is 0 Å². The van der Waals surface area contributed by atoms with E-state index in [4.69, 9.17) is 0 Å². The first-order chi connectivity index (χ1) is 12.0. The Labute approximate surface area is 146 Å². The van der Waals surface area contributed by atoms with Gasteiger partial charge < -0.3 is 10.2 Å². The first-order valence-electron chi connectivity index (χ1n) is 8.44. The second-order valence-electron chi connectivity index (χ2n) is 6.37. The molecule has 1 unspecified atom stereocenters. The zero-order valence-corrected chi connectivity index (χ0v) is 14.2. The maximum Gasteiger partial charge on any atom is 0.252 e. The van der Waals surface area contributed by atoms with Crippen molar-refractivity contribution in [2.45, 2.75) is 25.3 Å². The third-order valence-electron chi connectivity index (χ3n) is 4.61. The number of hydrogen-bond donors (Lipinski definition) is 1. The van der Waals surface area contributed by atoms with Gasteiger partial charge in [-0.25, -0.2) is 4.39 Å². The molecule has 2 aromatic carbocycles. The minimum absolute atomic E-state index is 0.0253. The molecule has 1 aliphatic rings. The molecule has 5 heteroatoms. The van der Waals surface area contributed by atoms with E-state index in [9.17, 15) is 14.0 Å². The summed E-state index contributed by atoms with van der Waals surface area (Å²) in [4.78, 5) is 26.2. The highest BCUT2D eigenvalue weighted by Gasteiger charge is 2.22. The van der Waals surface area contributed by atoms with Crippen molar-refractivity contribution in [2.24, 2.45) is 0 Å². The van der Waals surface area contributed by atoms with Crippen LogP contribution in [-0.2, 0) is 4.79 Å². The lowest BCUT2D eigenvalue weighted by Gasteiger charge is -2.18. The van der Waals surface area contributed by atoms with Gasteiger partial charge in [-0.15, -0.1) is 0 Å². The molecule has 1 atom stereocenters. The van der Waals surface area contributed by atoms with Crippen LogP contribution in [0.25, 0.3) is 11.1 Å². The van der Waals surface area contributed by atoms with Crippen molar-refractivity contribution in [3.8, 4) is 11.1 Å². The number of nitrogens with zero attached hydrogens (tertiary/aromatic N) is 1. The fourth-order valence-electron chi connectivity index (χ4n) is 3.08. The average molecular weight is 340 g/mol. The highest BCUT2D eigenvalue weighted by molar-refractivity contribution is 6.01. The molecule has 1 aliphatic heterocycles. The Bertz CT molecular complexity index is 774. The van der Waals surface area contributed by atoms with Gasteiger partial charge in [-0.1, -0.05) is 30.3 Å². The van der Waals surface area contributed by atoms with Crippen molar-refractivity contribution in [3.63, 3.8) is 0 Å². The number of rotatable bonds is 3. The SMILES string of the molecule is CN1CCC(NC(=O)c2ccccc2-c2ccc(F)cc2)CCC1=O. The fourth-order valence-corrected chi connectivity index (χ4v) is 3.08. The molecule has 1 fully saturated rings. The molecular formula is C20H21FN2O2. The van der Waals surface area contributed by atoms with Crippen LogP contribution in [0.2, 0.25) is 0 Å². The van der Waals surface area contributed by atoms with E-state index >= 15 is 0 Å². The van der Waals surface area contributed by atoms with Crippen molar-refractivity contribution in [1.82, 2.24) is 10.2 Å². The second kappa shape index (κ2) is 7.47. The summed E-state index contributed by atoms with van der Waals surface area (Å²) in [5.41, 5.74) is 2.11. The molecule has 0 bridgehead atoms. The van der Waals surface area contributed by atoms with Gasteiger partial charge in [-0.3, -0.25) is 9.59 Å². The van der Waals surface area contributed by atoms with Gasteiger partial charge in [0, 0.05) is 31.6 Å². The minimum Gasteiger partial charge on any atom is -0.349 e. The topological polar surface area (TPSA) is 49.4 Å². The molecule has 130 valence electrons. The van der Waals surface area contributed by atoms with Crippen molar-refractivity contribution in [3.05, 3.63) is 59.9 Å². The fraction of sp³-hybridized carbons (Fsp3) is 0.300. The van der Waals surface area contributed by atoms with Gasteiger partial charge in [0.1, 0.15) is 5.82 Å². The van der Waals surface area contributed by atoms with Crippen molar-refractivity contribution in [2.75, 3.05) is 13.6 Å². The lowest BCUT2D eigenvalue weighted by Crippen LogP contribution is -2.35. The van der Waals surface area contributed by atoms with Crippen LogP contribution in [0.3, 0.4) is 0 Å². The highest BCUT2D eigenvalue weighted by atomic mass is 19.1. The summed E-state index contributed by atoms with van der Waals surface area (Å²) in [6.07, 6.45) is 1.83. The predicted octanol–water partition coefficient (Wildman–Crippen LogP) is 3.23. The van der Waals surface area contributed by atoms with E-state index < -0.39 is 0 Å². The Kier molecular flexibility index (Phi) is 5.12. The number of carbonyl (C=O) groups excluding carboxylic acids is 2. The van der Waals surface area contributed by atoms with Crippen LogP contribution in [0.15, 0.2) is 48.5 Å². The van der Waals surface area contributed by atoms with Gasteiger partial charge >= 0.3 is 0 Å². The van der Waals surface area contributed by atoms with Crippen LogP contribution in [0.1, 0.15) is 29.6 Å². The lowest BCUT2D eigenvalue weighted by atomic mass is 9.98. The molecule has 0 aliphatic carbocycles. The van der Waals surface area contributed by atoms with Crippen LogP contribution in [0, 0.1) is 5.82 Å². The Balaban J connectivity index is 1.79. The third-order valence-corrected chi connectivity index (χ3v) is 4.61. The Morgan fingerprint density at radius 2 is 1.84 bits per heavy atom. The van der Waals surface area contributed by atoms with Gasteiger partial charge in [0.2, 0.25) is 5.91 Å². The predicted molar refractivity (Wildman–Crippen MR) is 94.6 cm³/mol. The van der Waals surface area contributed by atoms with Gasteiger partial charge in [-0.2, -0.15) is 0 Å². The Hall–Kier alpha value is -2.69. The van der Waals surface area contributed by atoms with E-state index in [1.165, 1.54) is 12.1 Å². The molecule has 2 aromatic rings. The normalized spacial score (nSPS) is 17.9. The number of benzene rings is 2. The third kappa shape index (κ3) is 4.05. The second-order valence-corrected chi connectivity index (χ2v) is 6.37. The molecule has 25 heavy (non-hydrogen) atoms. The zero-order chi connectivity index (χ0) is 17.8. The summed E-state index contributed by atoms with van der Waals surface area (Å²) in [7, 11) is 1.79. The maximum absolute atomic E-state index is 13.2. The van der Waals surface area contributed by atoms with E-state index in [0.717, 1.165) is 17.5 Å². The van der Waals surface area contributed by atoms with E-state index in [0.29, 0.717) is 24.9 Å². The molecule has 0 spiro atoms. The van der Waals surface area contributed by atoms with Gasteiger partial charge in [0.25, 0.3) is 5.91 Å². The van der Waals surface area contributed by atoms with E-state index in [2.05, 4.69) is 5.32 Å². The molecule has 0 radical (unpaired) electrons. The summed E-state index contributed by atoms with van der Waals surface area (Å²) in [6.45, 7) is 0.642. The van der Waals surface area contributed by atoms with E-state index in [-0.39, 0.29) is 23.7 Å². The number of amides is 2. The monoisotopic (exact) mass is 340 g/mol. The first kappa shape index (κ1) is 17.1. The van der Waals surface area contributed by atoms with Gasteiger partial charge in [-0.05, 0) is 42.2 Å². The molecular weight excluding hydrogens is 319 g/mol. The molecule has 3 rings (SSSR count). The number of halogens is 1.